The molecule has 260 valence electrons. The van der Waals surface area contributed by atoms with Gasteiger partial charge in [0.15, 0.2) is 0 Å². The molecular weight excluding hydrogens is 681 g/mol. The summed E-state index contributed by atoms with van der Waals surface area (Å²) in [6.45, 7) is 9.59. The molecule has 0 aliphatic heterocycles. The second-order valence-electron chi connectivity index (χ2n) is 16.8. The van der Waals surface area contributed by atoms with Crippen molar-refractivity contribution in [3.8, 4) is 44.5 Å². The van der Waals surface area contributed by atoms with E-state index in [-0.39, 0.29) is 10.8 Å². The van der Waals surface area contributed by atoms with Gasteiger partial charge in [-0.1, -0.05) is 167 Å². The number of rotatable bonds is 2. The van der Waals surface area contributed by atoms with Crippen molar-refractivity contribution in [1.82, 2.24) is 0 Å². The predicted octanol–water partition coefficient (Wildman–Crippen LogP) is 15.5. The van der Waals surface area contributed by atoms with E-state index in [1.54, 1.807) is 0 Å². The molecule has 1 heteroatoms. The van der Waals surface area contributed by atoms with Crippen LogP contribution in [0, 0.1) is 0 Å². The van der Waals surface area contributed by atoms with Gasteiger partial charge in [-0.2, -0.15) is 0 Å². The van der Waals surface area contributed by atoms with E-state index in [4.69, 9.17) is 0 Å². The minimum Gasteiger partial charge on any atom is -0.134 e. The molecule has 0 radical (unpaired) electrons. The third-order valence-electron chi connectivity index (χ3n) is 13.2. The van der Waals surface area contributed by atoms with E-state index in [1.807, 2.05) is 11.3 Å². The maximum atomic E-state index is 2.56. The number of fused-ring (bicyclic) bond motifs is 14. The highest BCUT2D eigenvalue weighted by molar-refractivity contribution is 7.26. The Labute approximate surface area is 325 Å². The fraction of sp³-hybridized carbons (Fsp3) is 0.111. The van der Waals surface area contributed by atoms with Gasteiger partial charge in [0.1, 0.15) is 0 Å². The monoisotopic (exact) mass is 718 g/mol. The lowest BCUT2D eigenvalue weighted by Gasteiger charge is -2.24. The van der Waals surface area contributed by atoms with Gasteiger partial charge < -0.3 is 0 Å². The van der Waals surface area contributed by atoms with Gasteiger partial charge in [0.25, 0.3) is 0 Å². The number of benzene rings is 9. The zero-order valence-electron chi connectivity index (χ0n) is 31.4. The molecule has 0 bridgehead atoms. The third kappa shape index (κ3) is 4.01. The highest BCUT2D eigenvalue weighted by Gasteiger charge is 2.39. The second-order valence-corrected chi connectivity index (χ2v) is 17.8. The summed E-state index contributed by atoms with van der Waals surface area (Å²) in [5.41, 5.74) is 16.2. The molecule has 9 aromatic carbocycles. The van der Waals surface area contributed by atoms with Gasteiger partial charge in [0.2, 0.25) is 0 Å². The first-order chi connectivity index (χ1) is 26.8. The van der Waals surface area contributed by atoms with Crippen molar-refractivity contribution >= 4 is 63.8 Å². The van der Waals surface area contributed by atoms with Gasteiger partial charge in [-0.15, -0.1) is 11.3 Å². The van der Waals surface area contributed by atoms with E-state index in [1.165, 1.54) is 119 Å². The first-order valence-corrected chi connectivity index (χ1v) is 20.3. The van der Waals surface area contributed by atoms with Crippen molar-refractivity contribution < 1.29 is 0 Å². The van der Waals surface area contributed by atoms with E-state index in [0.29, 0.717) is 0 Å². The van der Waals surface area contributed by atoms with E-state index >= 15 is 0 Å². The summed E-state index contributed by atoms with van der Waals surface area (Å²) in [6, 6.07) is 59.9. The summed E-state index contributed by atoms with van der Waals surface area (Å²) in [6.07, 6.45) is 0. The fourth-order valence-corrected chi connectivity index (χ4v) is 12.0. The minimum absolute atomic E-state index is 0.0276. The van der Waals surface area contributed by atoms with Crippen LogP contribution in [0.4, 0.5) is 0 Å². The van der Waals surface area contributed by atoms with Gasteiger partial charge in [-0.3, -0.25) is 0 Å². The van der Waals surface area contributed by atoms with E-state index in [9.17, 15) is 0 Å². The average Bonchev–Trinajstić information content (AvgIpc) is 3.80. The van der Waals surface area contributed by atoms with Crippen LogP contribution >= 0.6 is 11.3 Å². The van der Waals surface area contributed by atoms with Crippen molar-refractivity contribution in [1.29, 1.82) is 0 Å². The Bertz CT molecular complexity index is 3260. The van der Waals surface area contributed by atoms with Crippen molar-refractivity contribution in [2.45, 2.75) is 38.5 Å². The van der Waals surface area contributed by atoms with Crippen molar-refractivity contribution in [2.75, 3.05) is 0 Å². The van der Waals surface area contributed by atoms with Crippen LogP contribution in [0.15, 0.2) is 158 Å². The first kappa shape index (κ1) is 31.3. The molecule has 0 saturated heterocycles. The van der Waals surface area contributed by atoms with Gasteiger partial charge in [0.05, 0.1) is 0 Å². The molecule has 55 heavy (non-hydrogen) atoms. The van der Waals surface area contributed by atoms with Crippen LogP contribution in [0.1, 0.15) is 49.9 Å². The Balaban J connectivity index is 1.23. The summed E-state index contributed by atoms with van der Waals surface area (Å²) < 4.78 is 2.73. The Kier molecular flexibility index (Phi) is 6.16. The van der Waals surface area contributed by atoms with Gasteiger partial charge in [-0.05, 0) is 112 Å². The van der Waals surface area contributed by atoms with Crippen LogP contribution < -0.4 is 0 Å². The van der Waals surface area contributed by atoms with Gasteiger partial charge in [0, 0.05) is 36.6 Å². The largest absolute Gasteiger partial charge is 0.134 e. The Morgan fingerprint density at radius 3 is 1.62 bits per heavy atom. The second kappa shape index (κ2) is 10.8. The fourth-order valence-electron chi connectivity index (χ4n) is 10.8. The Hall–Kier alpha value is -6.02. The average molecular weight is 719 g/mol. The summed E-state index contributed by atoms with van der Waals surface area (Å²) in [7, 11) is 0. The Morgan fingerprint density at radius 1 is 0.382 bits per heavy atom. The molecule has 10 aromatic rings. The number of thiophene rings is 1. The van der Waals surface area contributed by atoms with E-state index in [0.717, 1.165) is 0 Å². The number of hydrogen-bond donors (Lipinski definition) is 0. The van der Waals surface area contributed by atoms with Crippen LogP contribution in [0.5, 0.6) is 0 Å². The van der Waals surface area contributed by atoms with E-state index < -0.39 is 0 Å². The quantitative estimate of drug-likeness (QED) is 0.156. The highest BCUT2D eigenvalue weighted by Crippen LogP contribution is 2.58. The van der Waals surface area contributed by atoms with Crippen LogP contribution in [-0.2, 0) is 10.8 Å². The SMILES string of the molecule is CC1(C)c2ccccc2-c2cc(-c3c4ccccc4c(-c4cc5c(c6c4sc4ccc7ccccc7c46)C(C)(C)c4ccccc4-5)c4ccccc34)ccc21. The van der Waals surface area contributed by atoms with Gasteiger partial charge >= 0.3 is 0 Å². The molecule has 0 amide bonds. The van der Waals surface area contributed by atoms with E-state index in [2.05, 4.69) is 185 Å². The molecule has 1 heterocycles. The molecular formula is C54H38S. The lowest BCUT2D eigenvalue weighted by Crippen LogP contribution is -2.15. The summed E-state index contributed by atoms with van der Waals surface area (Å²) >= 11 is 1.97. The molecule has 0 N–H and O–H groups in total. The van der Waals surface area contributed by atoms with Crippen LogP contribution in [0.25, 0.3) is 97.0 Å². The summed E-state index contributed by atoms with van der Waals surface area (Å²) in [5.74, 6) is 0. The molecule has 0 atom stereocenters. The molecule has 1 aromatic heterocycles. The highest BCUT2D eigenvalue weighted by atomic mass is 32.1. The maximum absolute atomic E-state index is 2.56. The molecule has 0 unspecified atom stereocenters. The smallest absolute Gasteiger partial charge is 0.0438 e. The zero-order valence-corrected chi connectivity index (χ0v) is 32.2. The molecule has 0 saturated carbocycles. The topological polar surface area (TPSA) is 0 Å². The van der Waals surface area contributed by atoms with Crippen molar-refractivity contribution in [3.63, 3.8) is 0 Å². The molecule has 0 spiro atoms. The van der Waals surface area contributed by atoms with Gasteiger partial charge in [-0.25, -0.2) is 0 Å². The normalized spacial score (nSPS) is 14.8. The molecule has 2 aliphatic rings. The first-order valence-electron chi connectivity index (χ1n) is 19.5. The van der Waals surface area contributed by atoms with Crippen LogP contribution in [0.3, 0.4) is 0 Å². The predicted molar refractivity (Wildman–Crippen MR) is 238 cm³/mol. The molecule has 12 rings (SSSR count). The molecule has 0 nitrogen and oxygen atoms in total. The van der Waals surface area contributed by atoms with Crippen LogP contribution in [0.2, 0.25) is 0 Å². The minimum atomic E-state index is -0.137. The van der Waals surface area contributed by atoms with Crippen molar-refractivity contribution in [3.05, 3.63) is 180 Å². The Morgan fingerprint density at radius 2 is 0.927 bits per heavy atom. The summed E-state index contributed by atoms with van der Waals surface area (Å²) in [5, 5.41) is 10.6. The maximum Gasteiger partial charge on any atom is 0.0438 e. The van der Waals surface area contributed by atoms with Crippen LogP contribution in [-0.4, -0.2) is 0 Å². The van der Waals surface area contributed by atoms with Crippen molar-refractivity contribution in [2.24, 2.45) is 0 Å². The standard InChI is InChI=1S/C54H38S/c1-53(2)43-23-13-11-17-34(43)40-29-32(25-27-45(40)53)47-36-19-7-9-21-38(36)48(39-22-10-8-20-37(39)47)42-30-41-35-18-12-14-24-44(35)54(3,4)51(41)50-49-33-16-6-5-15-31(33)26-28-46(49)55-52(42)50/h5-30H,1-4H3. The third-order valence-corrected chi connectivity index (χ3v) is 14.4. The summed E-state index contributed by atoms with van der Waals surface area (Å²) in [4.78, 5) is 0. The number of hydrogen-bond acceptors (Lipinski definition) is 1. The zero-order chi connectivity index (χ0) is 36.8. The molecule has 0 fully saturated rings. The molecule has 2 aliphatic carbocycles. The lowest BCUT2D eigenvalue weighted by atomic mass is 9.78. The lowest BCUT2D eigenvalue weighted by molar-refractivity contribution is 0.660.